The van der Waals surface area contributed by atoms with E-state index in [0.717, 1.165) is 24.3 Å². The van der Waals surface area contributed by atoms with Crippen LogP contribution in [0.15, 0.2) is 12.7 Å². The first-order valence-electron chi connectivity index (χ1n) is 5.32. The average molecular weight is 256 g/mol. The van der Waals surface area contributed by atoms with Gasteiger partial charge in [-0.3, -0.25) is 0 Å². The number of rotatable bonds is 6. The zero-order valence-electron chi connectivity index (χ0n) is 9.48. The molecule has 1 atom stereocenters. The molecular weight excluding hydrogens is 242 g/mol. The fraction of sp³-hybridized carbons (Fsp3) is 0.500. The number of anilines is 1. The SMILES string of the molecule is COCC(Cl)CCNc1ncnc2nc[nH]c12. The lowest BCUT2D eigenvalue weighted by molar-refractivity contribution is 0.196. The maximum atomic E-state index is 6.03. The van der Waals surface area contributed by atoms with Crippen molar-refractivity contribution in [1.29, 1.82) is 0 Å². The molecule has 0 aliphatic rings. The second-order valence-corrected chi connectivity index (χ2v) is 4.21. The zero-order chi connectivity index (χ0) is 12.1. The Morgan fingerprint density at radius 1 is 1.47 bits per heavy atom. The van der Waals surface area contributed by atoms with Gasteiger partial charge in [-0.05, 0) is 6.42 Å². The molecule has 2 aromatic heterocycles. The van der Waals surface area contributed by atoms with Gasteiger partial charge in [0.15, 0.2) is 11.5 Å². The van der Waals surface area contributed by atoms with Crippen molar-refractivity contribution in [2.24, 2.45) is 0 Å². The number of hydrogen-bond donors (Lipinski definition) is 2. The highest BCUT2D eigenvalue weighted by Gasteiger charge is 2.07. The van der Waals surface area contributed by atoms with Crippen molar-refractivity contribution in [3.05, 3.63) is 12.7 Å². The van der Waals surface area contributed by atoms with Gasteiger partial charge in [0.1, 0.15) is 11.8 Å². The van der Waals surface area contributed by atoms with Crippen molar-refractivity contribution in [3.63, 3.8) is 0 Å². The van der Waals surface area contributed by atoms with Crippen LogP contribution in [0.4, 0.5) is 5.82 Å². The number of imidazole rings is 1. The molecule has 17 heavy (non-hydrogen) atoms. The summed E-state index contributed by atoms with van der Waals surface area (Å²) in [5.41, 5.74) is 1.46. The molecule has 0 radical (unpaired) electrons. The Hall–Kier alpha value is -1.40. The Kier molecular flexibility index (Phi) is 4.11. The lowest BCUT2D eigenvalue weighted by Gasteiger charge is -2.09. The minimum atomic E-state index is 0.00611. The molecule has 0 aromatic carbocycles. The molecule has 0 amide bonds. The lowest BCUT2D eigenvalue weighted by atomic mass is 10.3. The number of fused-ring (bicyclic) bond motifs is 1. The lowest BCUT2D eigenvalue weighted by Crippen LogP contribution is -2.14. The number of aromatic amines is 1. The average Bonchev–Trinajstić information content (AvgIpc) is 2.78. The molecule has 0 saturated heterocycles. The molecule has 0 fully saturated rings. The van der Waals surface area contributed by atoms with E-state index in [4.69, 9.17) is 16.3 Å². The smallest absolute Gasteiger partial charge is 0.182 e. The van der Waals surface area contributed by atoms with Gasteiger partial charge in [-0.1, -0.05) is 0 Å². The number of ether oxygens (including phenoxy) is 1. The maximum absolute atomic E-state index is 6.03. The number of alkyl halides is 1. The minimum absolute atomic E-state index is 0.00611. The Labute approximate surface area is 104 Å². The first-order chi connectivity index (χ1) is 8.31. The third-order valence-corrected chi connectivity index (χ3v) is 2.66. The van der Waals surface area contributed by atoms with E-state index in [2.05, 4.69) is 25.3 Å². The number of methoxy groups -OCH3 is 1. The number of nitrogens with one attached hydrogen (secondary N) is 2. The summed E-state index contributed by atoms with van der Waals surface area (Å²) in [6.07, 6.45) is 3.88. The third kappa shape index (κ3) is 3.04. The number of halogens is 1. The van der Waals surface area contributed by atoms with Gasteiger partial charge in [-0.15, -0.1) is 11.6 Å². The third-order valence-electron chi connectivity index (χ3n) is 2.32. The minimum Gasteiger partial charge on any atom is -0.383 e. The van der Waals surface area contributed by atoms with E-state index in [1.807, 2.05) is 0 Å². The van der Waals surface area contributed by atoms with Gasteiger partial charge in [-0.2, -0.15) is 0 Å². The molecular formula is C10H14ClN5O. The molecule has 2 aromatic rings. The molecule has 6 nitrogen and oxygen atoms in total. The Bertz CT molecular complexity index is 474. The maximum Gasteiger partial charge on any atom is 0.182 e. The Morgan fingerprint density at radius 3 is 3.18 bits per heavy atom. The molecule has 2 rings (SSSR count). The quantitative estimate of drug-likeness (QED) is 0.764. The van der Waals surface area contributed by atoms with Crippen LogP contribution in [0.5, 0.6) is 0 Å². The van der Waals surface area contributed by atoms with E-state index in [-0.39, 0.29) is 5.38 Å². The summed E-state index contributed by atoms with van der Waals surface area (Å²) in [4.78, 5) is 15.2. The molecule has 0 spiro atoms. The number of hydrogen-bond acceptors (Lipinski definition) is 5. The van der Waals surface area contributed by atoms with Crippen LogP contribution in [0.2, 0.25) is 0 Å². The van der Waals surface area contributed by atoms with Crippen molar-refractivity contribution in [3.8, 4) is 0 Å². The molecule has 0 aliphatic carbocycles. The molecule has 2 N–H and O–H groups in total. The van der Waals surface area contributed by atoms with Crippen molar-refractivity contribution < 1.29 is 4.74 Å². The second kappa shape index (κ2) is 5.79. The van der Waals surface area contributed by atoms with Crippen LogP contribution in [-0.4, -0.2) is 45.6 Å². The standard InChI is InChI=1S/C10H14ClN5O/c1-17-4-7(11)2-3-12-9-8-10(14-5-13-8)16-6-15-9/h5-7H,2-4H2,1H3,(H2,12,13,14,15,16). The van der Waals surface area contributed by atoms with Crippen LogP contribution in [0.3, 0.4) is 0 Å². The highest BCUT2D eigenvalue weighted by Crippen LogP contribution is 2.14. The van der Waals surface area contributed by atoms with Crippen LogP contribution in [0.25, 0.3) is 11.2 Å². The summed E-state index contributed by atoms with van der Waals surface area (Å²) >= 11 is 6.03. The van der Waals surface area contributed by atoms with Crippen molar-refractivity contribution >= 4 is 28.6 Å². The predicted octanol–water partition coefficient (Wildman–Crippen LogP) is 1.41. The molecule has 0 aliphatic heterocycles. The zero-order valence-corrected chi connectivity index (χ0v) is 10.2. The molecule has 0 bridgehead atoms. The van der Waals surface area contributed by atoms with E-state index in [1.165, 1.54) is 6.33 Å². The summed E-state index contributed by atoms with van der Waals surface area (Å²) in [6, 6.07) is 0. The predicted molar refractivity (Wildman–Crippen MR) is 66.3 cm³/mol. The van der Waals surface area contributed by atoms with E-state index >= 15 is 0 Å². The number of nitrogens with zero attached hydrogens (tertiary/aromatic N) is 3. The summed E-state index contributed by atoms with van der Waals surface area (Å²) in [7, 11) is 1.64. The Balaban J connectivity index is 1.92. The first-order valence-corrected chi connectivity index (χ1v) is 5.76. The van der Waals surface area contributed by atoms with Crippen LogP contribution in [0, 0.1) is 0 Å². The largest absolute Gasteiger partial charge is 0.383 e. The van der Waals surface area contributed by atoms with Crippen LogP contribution in [0.1, 0.15) is 6.42 Å². The monoisotopic (exact) mass is 255 g/mol. The van der Waals surface area contributed by atoms with Gasteiger partial charge >= 0.3 is 0 Å². The van der Waals surface area contributed by atoms with Gasteiger partial charge in [0, 0.05) is 13.7 Å². The van der Waals surface area contributed by atoms with Gasteiger partial charge in [-0.25, -0.2) is 15.0 Å². The van der Waals surface area contributed by atoms with Crippen molar-refractivity contribution in [2.75, 3.05) is 25.6 Å². The van der Waals surface area contributed by atoms with E-state index in [9.17, 15) is 0 Å². The van der Waals surface area contributed by atoms with Gasteiger partial charge in [0.05, 0.1) is 18.3 Å². The first kappa shape index (κ1) is 12.1. The Morgan fingerprint density at radius 2 is 2.35 bits per heavy atom. The van der Waals surface area contributed by atoms with Crippen LogP contribution < -0.4 is 5.32 Å². The van der Waals surface area contributed by atoms with Gasteiger partial charge < -0.3 is 15.0 Å². The summed E-state index contributed by atoms with van der Waals surface area (Å²) in [5, 5.41) is 3.21. The van der Waals surface area contributed by atoms with E-state index < -0.39 is 0 Å². The molecule has 1 unspecified atom stereocenters. The molecule has 0 saturated carbocycles. The fourth-order valence-corrected chi connectivity index (χ4v) is 1.75. The fourth-order valence-electron chi connectivity index (χ4n) is 1.51. The van der Waals surface area contributed by atoms with Crippen LogP contribution >= 0.6 is 11.6 Å². The molecule has 2 heterocycles. The van der Waals surface area contributed by atoms with Gasteiger partial charge in [0.2, 0.25) is 0 Å². The van der Waals surface area contributed by atoms with Gasteiger partial charge in [0.25, 0.3) is 0 Å². The molecule has 7 heteroatoms. The number of aromatic nitrogens is 4. The van der Waals surface area contributed by atoms with E-state index in [0.29, 0.717) is 12.3 Å². The second-order valence-electron chi connectivity index (χ2n) is 3.59. The summed E-state index contributed by atoms with van der Waals surface area (Å²) in [6.45, 7) is 1.27. The normalized spacial score (nSPS) is 12.8. The topological polar surface area (TPSA) is 75.7 Å². The van der Waals surface area contributed by atoms with Crippen molar-refractivity contribution in [1.82, 2.24) is 19.9 Å². The van der Waals surface area contributed by atoms with Crippen molar-refractivity contribution in [2.45, 2.75) is 11.8 Å². The summed E-state index contributed by atoms with van der Waals surface area (Å²) in [5.74, 6) is 0.744. The van der Waals surface area contributed by atoms with E-state index in [1.54, 1.807) is 13.4 Å². The van der Waals surface area contributed by atoms with Crippen LogP contribution in [-0.2, 0) is 4.74 Å². The number of H-pyrrole nitrogens is 1. The summed E-state index contributed by atoms with van der Waals surface area (Å²) < 4.78 is 4.96. The highest BCUT2D eigenvalue weighted by molar-refractivity contribution is 6.20. The highest BCUT2D eigenvalue weighted by atomic mass is 35.5. The molecule has 92 valence electrons.